The van der Waals surface area contributed by atoms with Crippen molar-refractivity contribution in [3.05, 3.63) is 24.0 Å². The van der Waals surface area contributed by atoms with Gasteiger partial charge in [-0.15, -0.1) is 5.10 Å². The highest BCUT2D eigenvalue weighted by Crippen LogP contribution is 2.24. The maximum absolute atomic E-state index is 5.98. The van der Waals surface area contributed by atoms with Gasteiger partial charge in [0.2, 0.25) is 5.95 Å². The van der Waals surface area contributed by atoms with Crippen molar-refractivity contribution in [3.8, 4) is 11.4 Å². The molecule has 21 heavy (non-hydrogen) atoms. The van der Waals surface area contributed by atoms with Crippen molar-refractivity contribution in [1.82, 2.24) is 20.2 Å². The molecule has 2 aromatic rings. The van der Waals surface area contributed by atoms with Gasteiger partial charge in [-0.1, -0.05) is 0 Å². The zero-order chi connectivity index (χ0) is 14.8. The number of hydrogen-bond donors (Lipinski definition) is 2. The Morgan fingerprint density at radius 3 is 2.81 bits per heavy atom. The number of aromatic nitrogens is 4. The molecule has 0 spiro atoms. The molecule has 0 amide bonds. The Morgan fingerprint density at radius 2 is 2.14 bits per heavy atom. The predicted molar refractivity (Wildman–Crippen MR) is 82.9 cm³/mol. The van der Waals surface area contributed by atoms with E-state index >= 15 is 0 Å². The molecule has 1 unspecified atom stereocenters. The lowest BCUT2D eigenvalue weighted by atomic mass is 9.91. The standard InChI is InChI=1S/C15H22N6/c1-10-9-13(3-6-17-10)14-18-15(20-19-14)21-7-4-12(5-8-21)11(2)16/h3,6,9,11-12H,4-5,7-8,16H2,1-2H3,(H,18,19,20). The van der Waals surface area contributed by atoms with Crippen LogP contribution < -0.4 is 10.6 Å². The lowest BCUT2D eigenvalue weighted by Crippen LogP contribution is -2.40. The molecule has 3 rings (SSSR count). The first-order valence-electron chi connectivity index (χ1n) is 7.49. The topological polar surface area (TPSA) is 83.7 Å². The number of H-pyrrole nitrogens is 1. The molecule has 0 radical (unpaired) electrons. The molecule has 1 aliphatic heterocycles. The van der Waals surface area contributed by atoms with Crippen LogP contribution in [0, 0.1) is 12.8 Å². The second-order valence-electron chi connectivity index (χ2n) is 5.85. The van der Waals surface area contributed by atoms with Crippen LogP contribution in [0.25, 0.3) is 11.4 Å². The zero-order valence-corrected chi connectivity index (χ0v) is 12.6. The third kappa shape index (κ3) is 3.05. The number of anilines is 1. The Morgan fingerprint density at radius 1 is 1.38 bits per heavy atom. The Kier molecular flexibility index (Phi) is 3.88. The number of aryl methyl sites for hydroxylation is 1. The van der Waals surface area contributed by atoms with Gasteiger partial charge in [0.25, 0.3) is 0 Å². The molecule has 6 heteroatoms. The van der Waals surface area contributed by atoms with E-state index in [1.165, 1.54) is 0 Å². The maximum atomic E-state index is 5.98. The van der Waals surface area contributed by atoms with Crippen LogP contribution >= 0.6 is 0 Å². The molecule has 0 aromatic carbocycles. The SMILES string of the molecule is Cc1cc(-c2nc(N3CCC(C(C)N)CC3)n[nH]2)ccn1. The fourth-order valence-corrected chi connectivity index (χ4v) is 2.84. The molecule has 1 atom stereocenters. The monoisotopic (exact) mass is 286 g/mol. The van der Waals surface area contributed by atoms with Gasteiger partial charge in [-0.25, -0.2) is 0 Å². The number of pyridine rings is 1. The van der Waals surface area contributed by atoms with Crippen molar-refractivity contribution in [3.63, 3.8) is 0 Å². The fourth-order valence-electron chi connectivity index (χ4n) is 2.84. The van der Waals surface area contributed by atoms with Crippen molar-refractivity contribution in [2.24, 2.45) is 11.7 Å². The van der Waals surface area contributed by atoms with E-state index in [2.05, 4.69) is 32.0 Å². The molecule has 3 heterocycles. The van der Waals surface area contributed by atoms with E-state index in [0.717, 1.165) is 49.0 Å². The minimum atomic E-state index is 0.273. The summed E-state index contributed by atoms with van der Waals surface area (Å²) in [5, 5.41) is 7.38. The van der Waals surface area contributed by atoms with Crippen molar-refractivity contribution in [2.75, 3.05) is 18.0 Å². The van der Waals surface area contributed by atoms with Gasteiger partial charge < -0.3 is 10.6 Å². The van der Waals surface area contributed by atoms with E-state index in [1.54, 1.807) is 6.20 Å². The molecule has 112 valence electrons. The van der Waals surface area contributed by atoms with E-state index < -0.39 is 0 Å². The highest BCUT2D eigenvalue weighted by Gasteiger charge is 2.24. The number of piperidine rings is 1. The molecule has 0 bridgehead atoms. The Bertz CT molecular complexity index is 598. The molecule has 1 aliphatic rings. The van der Waals surface area contributed by atoms with Crippen LogP contribution in [0.1, 0.15) is 25.5 Å². The third-order valence-corrected chi connectivity index (χ3v) is 4.21. The summed E-state index contributed by atoms with van der Waals surface area (Å²) in [5.41, 5.74) is 7.98. The Balaban J connectivity index is 1.71. The van der Waals surface area contributed by atoms with Crippen molar-refractivity contribution >= 4 is 5.95 Å². The van der Waals surface area contributed by atoms with Crippen LogP contribution in [0.3, 0.4) is 0 Å². The number of nitrogens with one attached hydrogen (secondary N) is 1. The van der Waals surface area contributed by atoms with E-state index in [0.29, 0.717) is 5.92 Å². The second-order valence-corrected chi connectivity index (χ2v) is 5.85. The molecule has 6 nitrogen and oxygen atoms in total. The van der Waals surface area contributed by atoms with Gasteiger partial charge in [0.1, 0.15) is 0 Å². The molecule has 3 N–H and O–H groups in total. The lowest BCUT2D eigenvalue weighted by molar-refractivity contribution is 0.352. The van der Waals surface area contributed by atoms with Crippen molar-refractivity contribution < 1.29 is 0 Å². The van der Waals surface area contributed by atoms with E-state index in [4.69, 9.17) is 5.73 Å². The van der Waals surface area contributed by atoms with Gasteiger partial charge in [-0.2, -0.15) is 4.98 Å². The number of hydrogen-bond acceptors (Lipinski definition) is 5. The first-order valence-corrected chi connectivity index (χ1v) is 7.49. The summed E-state index contributed by atoms with van der Waals surface area (Å²) >= 11 is 0. The van der Waals surface area contributed by atoms with Crippen LogP contribution in [0.5, 0.6) is 0 Å². The smallest absolute Gasteiger partial charge is 0.245 e. The molecular weight excluding hydrogens is 264 g/mol. The highest BCUT2D eigenvalue weighted by atomic mass is 15.4. The maximum Gasteiger partial charge on any atom is 0.245 e. The van der Waals surface area contributed by atoms with Crippen molar-refractivity contribution in [1.29, 1.82) is 0 Å². The minimum Gasteiger partial charge on any atom is -0.340 e. The highest BCUT2D eigenvalue weighted by molar-refractivity contribution is 5.56. The first kappa shape index (κ1) is 14.0. The quantitative estimate of drug-likeness (QED) is 0.898. The largest absolute Gasteiger partial charge is 0.340 e. The van der Waals surface area contributed by atoms with Crippen LogP contribution in [0.15, 0.2) is 18.3 Å². The predicted octanol–water partition coefficient (Wildman–Crippen LogP) is 1.74. The molecule has 1 saturated heterocycles. The lowest BCUT2D eigenvalue weighted by Gasteiger charge is -2.32. The zero-order valence-electron chi connectivity index (χ0n) is 12.6. The molecule has 2 aromatic heterocycles. The molecule has 0 saturated carbocycles. The molecular formula is C15H22N6. The van der Waals surface area contributed by atoms with Gasteiger partial charge in [-0.05, 0) is 44.7 Å². The summed E-state index contributed by atoms with van der Waals surface area (Å²) in [6.45, 7) is 6.01. The second kappa shape index (κ2) is 5.81. The third-order valence-electron chi connectivity index (χ3n) is 4.21. The van der Waals surface area contributed by atoms with E-state index in [1.807, 2.05) is 19.1 Å². The summed E-state index contributed by atoms with van der Waals surface area (Å²) in [6, 6.07) is 4.22. The number of rotatable bonds is 3. The average Bonchev–Trinajstić information content (AvgIpc) is 2.97. The summed E-state index contributed by atoms with van der Waals surface area (Å²) in [7, 11) is 0. The van der Waals surface area contributed by atoms with E-state index in [9.17, 15) is 0 Å². The van der Waals surface area contributed by atoms with Gasteiger partial charge in [0.05, 0.1) is 0 Å². The van der Waals surface area contributed by atoms with Crippen molar-refractivity contribution in [2.45, 2.75) is 32.7 Å². The minimum absolute atomic E-state index is 0.273. The number of aromatic amines is 1. The van der Waals surface area contributed by atoms with E-state index in [-0.39, 0.29) is 6.04 Å². The molecule has 0 aliphatic carbocycles. The van der Waals surface area contributed by atoms with Crippen LogP contribution in [0.2, 0.25) is 0 Å². The van der Waals surface area contributed by atoms with Gasteiger partial charge in [0.15, 0.2) is 5.82 Å². The average molecular weight is 286 g/mol. The van der Waals surface area contributed by atoms with Crippen LogP contribution in [0.4, 0.5) is 5.95 Å². The summed E-state index contributed by atoms with van der Waals surface area (Å²) in [4.78, 5) is 11.0. The Hall–Kier alpha value is -1.95. The summed E-state index contributed by atoms with van der Waals surface area (Å²) < 4.78 is 0. The number of nitrogens with two attached hydrogens (primary N) is 1. The number of nitrogens with zero attached hydrogens (tertiary/aromatic N) is 4. The summed E-state index contributed by atoms with van der Waals surface area (Å²) in [5.74, 6) is 2.19. The van der Waals surface area contributed by atoms with Crippen LogP contribution in [-0.4, -0.2) is 39.3 Å². The van der Waals surface area contributed by atoms with Gasteiger partial charge in [0, 0.05) is 36.6 Å². The van der Waals surface area contributed by atoms with Gasteiger partial charge >= 0.3 is 0 Å². The summed E-state index contributed by atoms with van der Waals surface area (Å²) in [6.07, 6.45) is 4.01. The fraction of sp³-hybridized carbons (Fsp3) is 0.533. The molecule has 1 fully saturated rings. The van der Waals surface area contributed by atoms with Crippen LogP contribution in [-0.2, 0) is 0 Å². The normalized spacial score (nSPS) is 18.0. The Labute approximate surface area is 124 Å². The first-order chi connectivity index (χ1) is 10.1. The van der Waals surface area contributed by atoms with Gasteiger partial charge in [-0.3, -0.25) is 10.1 Å².